The van der Waals surface area contributed by atoms with Gasteiger partial charge in [0.05, 0.1) is 11.6 Å². The Labute approximate surface area is 132 Å². The van der Waals surface area contributed by atoms with Gasteiger partial charge >= 0.3 is 0 Å². The number of hydrogen-bond acceptors (Lipinski definition) is 3. The summed E-state index contributed by atoms with van der Waals surface area (Å²) >= 11 is 17.7. The average Bonchev–Trinajstić information content (AvgIpc) is 2.44. The molecule has 0 aliphatic heterocycles. The molecule has 0 saturated carbocycles. The Balaban J connectivity index is 2.28. The van der Waals surface area contributed by atoms with E-state index in [1.165, 1.54) is 6.07 Å². The minimum Gasteiger partial charge on any atom is -0.490 e. The van der Waals surface area contributed by atoms with Gasteiger partial charge in [0.2, 0.25) is 5.88 Å². The van der Waals surface area contributed by atoms with Gasteiger partial charge in [-0.05, 0) is 24.6 Å². The van der Waals surface area contributed by atoms with Gasteiger partial charge in [0, 0.05) is 0 Å². The maximum absolute atomic E-state index is 6.04. The number of hydrogen-bond donors (Lipinski definition) is 0. The molecule has 106 valence electrons. The Morgan fingerprint density at radius 3 is 2.45 bits per heavy atom. The first-order valence-electron chi connectivity index (χ1n) is 6.03. The van der Waals surface area contributed by atoms with Gasteiger partial charge in [0.15, 0.2) is 16.7 Å². The van der Waals surface area contributed by atoms with E-state index in [4.69, 9.17) is 44.3 Å². The molecule has 2 rings (SSSR count). The molecule has 2 aromatic rings. The van der Waals surface area contributed by atoms with Gasteiger partial charge < -0.3 is 9.47 Å². The van der Waals surface area contributed by atoms with Gasteiger partial charge in [-0.15, -0.1) is 0 Å². The lowest BCUT2D eigenvalue weighted by Gasteiger charge is -2.12. The highest BCUT2D eigenvalue weighted by Crippen LogP contribution is 2.36. The SMILES string of the molecule is CCCOc1ccccc1Oc1nc(Cl)c(Cl)cc1Cl. The average molecular weight is 333 g/mol. The highest BCUT2D eigenvalue weighted by Gasteiger charge is 2.12. The number of aromatic nitrogens is 1. The molecule has 0 aliphatic carbocycles. The molecule has 6 heteroatoms. The molecule has 0 atom stereocenters. The summed E-state index contributed by atoms with van der Waals surface area (Å²) in [6.45, 7) is 2.63. The van der Waals surface area contributed by atoms with Crippen LogP contribution in [0.2, 0.25) is 15.2 Å². The third-order valence-electron chi connectivity index (χ3n) is 2.37. The summed E-state index contributed by atoms with van der Waals surface area (Å²) in [5.41, 5.74) is 0. The Morgan fingerprint density at radius 1 is 1.05 bits per heavy atom. The minimum atomic E-state index is 0.137. The highest BCUT2D eigenvalue weighted by atomic mass is 35.5. The molecule has 20 heavy (non-hydrogen) atoms. The van der Waals surface area contributed by atoms with Crippen molar-refractivity contribution in [2.45, 2.75) is 13.3 Å². The van der Waals surface area contributed by atoms with E-state index in [1.54, 1.807) is 6.07 Å². The lowest BCUT2D eigenvalue weighted by molar-refractivity contribution is 0.301. The largest absolute Gasteiger partial charge is 0.490 e. The predicted molar refractivity (Wildman–Crippen MR) is 81.6 cm³/mol. The van der Waals surface area contributed by atoms with E-state index in [9.17, 15) is 0 Å². The molecule has 1 aromatic carbocycles. The molecule has 0 aliphatic rings. The van der Waals surface area contributed by atoms with Crippen LogP contribution in [-0.4, -0.2) is 11.6 Å². The van der Waals surface area contributed by atoms with Crippen LogP contribution in [0.5, 0.6) is 17.4 Å². The first-order chi connectivity index (χ1) is 9.61. The van der Waals surface area contributed by atoms with E-state index in [0.717, 1.165) is 6.42 Å². The molecule has 0 spiro atoms. The first-order valence-corrected chi connectivity index (χ1v) is 7.16. The number of pyridine rings is 1. The number of benzene rings is 1. The van der Waals surface area contributed by atoms with Crippen molar-refractivity contribution in [1.29, 1.82) is 0 Å². The van der Waals surface area contributed by atoms with Gasteiger partial charge in [0.25, 0.3) is 0 Å². The number of nitrogens with zero attached hydrogens (tertiary/aromatic N) is 1. The zero-order valence-electron chi connectivity index (χ0n) is 10.7. The van der Waals surface area contributed by atoms with Crippen molar-refractivity contribution in [3.8, 4) is 17.4 Å². The highest BCUT2D eigenvalue weighted by molar-refractivity contribution is 6.42. The van der Waals surface area contributed by atoms with Crippen LogP contribution in [0.3, 0.4) is 0 Å². The first kappa shape index (κ1) is 15.2. The van der Waals surface area contributed by atoms with Crippen molar-refractivity contribution in [2.24, 2.45) is 0 Å². The maximum Gasteiger partial charge on any atom is 0.239 e. The van der Waals surface area contributed by atoms with Crippen molar-refractivity contribution in [2.75, 3.05) is 6.61 Å². The van der Waals surface area contributed by atoms with Crippen LogP contribution >= 0.6 is 34.8 Å². The second kappa shape index (κ2) is 7.02. The molecule has 1 heterocycles. The number of rotatable bonds is 5. The van der Waals surface area contributed by atoms with E-state index in [1.807, 2.05) is 25.1 Å². The summed E-state index contributed by atoms with van der Waals surface area (Å²) < 4.78 is 11.3. The van der Waals surface area contributed by atoms with Gasteiger partial charge in [0.1, 0.15) is 5.02 Å². The van der Waals surface area contributed by atoms with Crippen LogP contribution in [0, 0.1) is 0 Å². The molecule has 3 nitrogen and oxygen atoms in total. The molecule has 0 bridgehead atoms. The van der Waals surface area contributed by atoms with Gasteiger partial charge in [-0.25, -0.2) is 0 Å². The fourth-order valence-electron chi connectivity index (χ4n) is 1.47. The lowest BCUT2D eigenvalue weighted by Crippen LogP contribution is -1.98. The van der Waals surface area contributed by atoms with Crippen LogP contribution in [0.1, 0.15) is 13.3 Å². The topological polar surface area (TPSA) is 31.4 Å². The van der Waals surface area contributed by atoms with Crippen LogP contribution in [0.25, 0.3) is 0 Å². The van der Waals surface area contributed by atoms with E-state index >= 15 is 0 Å². The molecule has 0 amide bonds. The number of ether oxygens (including phenoxy) is 2. The molecule has 0 N–H and O–H groups in total. The van der Waals surface area contributed by atoms with E-state index in [-0.39, 0.29) is 21.1 Å². The molecular weight excluding hydrogens is 321 g/mol. The second-order valence-corrected chi connectivity index (χ2v) is 5.12. The van der Waals surface area contributed by atoms with Crippen molar-refractivity contribution in [3.05, 3.63) is 45.5 Å². The summed E-state index contributed by atoms with van der Waals surface area (Å²) in [6.07, 6.45) is 0.903. The van der Waals surface area contributed by atoms with Crippen molar-refractivity contribution in [3.63, 3.8) is 0 Å². The molecular formula is C14H12Cl3NO2. The third-order valence-corrected chi connectivity index (χ3v) is 3.32. The van der Waals surface area contributed by atoms with Crippen LogP contribution in [0.15, 0.2) is 30.3 Å². The predicted octanol–water partition coefficient (Wildman–Crippen LogP) is 5.62. The van der Waals surface area contributed by atoms with Crippen molar-refractivity contribution in [1.82, 2.24) is 4.98 Å². The van der Waals surface area contributed by atoms with Gasteiger partial charge in [-0.2, -0.15) is 4.98 Å². The molecule has 0 saturated heterocycles. The van der Waals surface area contributed by atoms with E-state index in [2.05, 4.69) is 4.98 Å². The summed E-state index contributed by atoms with van der Waals surface area (Å²) in [6, 6.07) is 8.77. The zero-order valence-corrected chi connectivity index (χ0v) is 13.0. The Morgan fingerprint density at radius 2 is 1.75 bits per heavy atom. The summed E-state index contributed by atoms with van der Waals surface area (Å²) in [4.78, 5) is 4.01. The quantitative estimate of drug-likeness (QED) is 0.666. The number of para-hydroxylation sites is 2. The number of halogens is 3. The van der Waals surface area contributed by atoms with Gasteiger partial charge in [-0.3, -0.25) is 0 Å². The van der Waals surface area contributed by atoms with E-state index < -0.39 is 0 Å². The van der Waals surface area contributed by atoms with E-state index in [0.29, 0.717) is 18.1 Å². The Hall–Kier alpha value is -1.16. The van der Waals surface area contributed by atoms with Crippen LogP contribution in [0.4, 0.5) is 0 Å². The van der Waals surface area contributed by atoms with Crippen LogP contribution < -0.4 is 9.47 Å². The Kier molecular flexibility index (Phi) is 5.35. The minimum absolute atomic E-state index is 0.137. The lowest BCUT2D eigenvalue weighted by atomic mass is 10.3. The smallest absolute Gasteiger partial charge is 0.239 e. The summed E-state index contributed by atoms with van der Waals surface area (Å²) in [5.74, 6) is 1.33. The maximum atomic E-state index is 6.04. The molecule has 0 radical (unpaired) electrons. The summed E-state index contributed by atoms with van der Waals surface area (Å²) in [5, 5.41) is 0.697. The fraction of sp³-hybridized carbons (Fsp3) is 0.214. The molecule has 0 fully saturated rings. The normalized spacial score (nSPS) is 10.4. The molecule has 1 aromatic heterocycles. The fourth-order valence-corrected chi connectivity index (χ4v) is 2.00. The molecule has 0 unspecified atom stereocenters. The third kappa shape index (κ3) is 3.69. The van der Waals surface area contributed by atoms with Crippen molar-refractivity contribution >= 4 is 34.8 Å². The van der Waals surface area contributed by atoms with Crippen LogP contribution in [-0.2, 0) is 0 Å². The second-order valence-electron chi connectivity index (χ2n) is 3.95. The zero-order chi connectivity index (χ0) is 14.5. The summed E-state index contributed by atoms with van der Waals surface area (Å²) in [7, 11) is 0. The Bertz CT molecular complexity index is 605. The standard InChI is InChI=1S/C14H12Cl3NO2/c1-2-7-19-11-5-3-4-6-12(11)20-14-10(16)8-9(15)13(17)18-14/h3-6,8H,2,7H2,1H3. The monoisotopic (exact) mass is 331 g/mol. The van der Waals surface area contributed by atoms with Crippen molar-refractivity contribution < 1.29 is 9.47 Å². The van der Waals surface area contributed by atoms with Gasteiger partial charge in [-0.1, -0.05) is 53.9 Å².